The standard InChI is InChI=1S/C30H34N4O4/c1-37-26-11-7-10-24(20-26)22-32(21-23-8-3-2-4-9-23)18-19-38-30(36)33-16-14-25(15-17-33)34-28-13-6-5-12-27(28)31-29(34)35/h2-13,20,25H,14-19,21-22H2,1H3,(H,31,35). The molecule has 0 bridgehead atoms. The zero-order valence-electron chi connectivity index (χ0n) is 21.7. The number of methoxy groups -OCH3 is 1. The summed E-state index contributed by atoms with van der Waals surface area (Å²) in [5, 5.41) is 0. The lowest BCUT2D eigenvalue weighted by Gasteiger charge is -2.32. The number of hydrogen-bond donors (Lipinski definition) is 1. The van der Waals surface area contributed by atoms with Crippen molar-refractivity contribution in [2.75, 3.05) is 33.4 Å². The zero-order chi connectivity index (χ0) is 26.3. The largest absolute Gasteiger partial charge is 0.497 e. The van der Waals surface area contributed by atoms with Crippen LogP contribution in [0.3, 0.4) is 0 Å². The minimum absolute atomic E-state index is 0.0620. The third-order valence-corrected chi connectivity index (χ3v) is 7.13. The molecule has 5 rings (SSSR count). The molecule has 3 aromatic carbocycles. The first-order valence-corrected chi connectivity index (χ1v) is 13.1. The van der Waals surface area contributed by atoms with Crippen molar-refractivity contribution in [2.24, 2.45) is 0 Å². The predicted molar refractivity (Wildman–Crippen MR) is 147 cm³/mol. The van der Waals surface area contributed by atoms with Crippen molar-refractivity contribution in [3.05, 3.63) is 100 Å². The quantitative estimate of drug-likeness (QED) is 0.347. The fourth-order valence-electron chi connectivity index (χ4n) is 5.18. The predicted octanol–water partition coefficient (Wildman–Crippen LogP) is 4.81. The molecule has 0 spiro atoms. The molecule has 4 aromatic rings. The van der Waals surface area contributed by atoms with Gasteiger partial charge < -0.3 is 19.4 Å². The SMILES string of the molecule is COc1cccc(CN(CCOC(=O)N2CCC(n3c(=O)[nH]c4ccccc43)CC2)Cc2ccccc2)c1. The smallest absolute Gasteiger partial charge is 0.409 e. The number of nitrogens with zero attached hydrogens (tertiary/aromatic N) is 3. The summed E-state index contributed by atoms with van der Waals surface area (Å²) in [6.07, 6.45) is 1.13. The van der Waals surface area contributed by atoms with E-state index in [-0.39, 0.29) is 17.8 Å². The van der Waals surface area contributed by atoms with Crippen molar-refractivity contribution in [3.8, 4) is 5.75 Å². The van der Waals surface area contributed by atoms with Gasteiger partial charge in [-0.05, 0) is 48.2 Å². The Kier molecular flexibility index (Phi) is 8.09. The van der Waals surface area contributed by atoms with Gasteiger partial charge in [-0.15, -0.1) is 0 Å². The molecule has 0 radical (unpaired) electrons. The van der Waals surface area contributed by atoms with Gasteiger partial charge in [-0.1, -0.05) is 54.6 Å². The molecule has 1 aromatic heterocycles. The zero-order valence-corrected chi connectivity index (χ0v) is 21.7. The van der Waals surface area contributed by atoms with Crippen LogP contribution >= 0.6 is 0 Å². The topological polar surface area (TPSA) is 79.8 Å². The molecule has 0 aliphatic carbocycles. The Bertz CT molecular complexity index is 1410. The molecule has 1 aliphatic heterocycles. The maximum Gasteiger partial charge on any atom is 0.409 e. The molecule has 1 fully saturated rings. The number of hydrogen-bond acceptors (Lipinski definition) is 5. The summed E-state index contributed by atoms with van der Waals surface area (Å²) in [4.78, 5) is 32.3. The van der Waals surface area contributed by atoms with Crippen LogP contribution in [-0.2, 0) is 17.8 Å². The number of benzene rings is 3. The van der Waals surface area contributed by atoms with Crippen LogP contribution in [0.2, 0.25) is 0 Å². The van der Waals surface area contributed by atoms with Gasteiger partial charge in [0.05, 0.1) is 18.1 Å². The fourth-order valence-corrected chi connectivity index (χ4v) is 5.18. The number of aromatic nitrogens is 2. The highest BCUT2D eigenvalue weighted by molar-refractivity contribution is 5.75. The minimum atomic E-state index is -0.296. The van der Waals surface area contributed by atoms with E-state index < -0.39 is 0 Å². The highest BCUT2D eigenvalue weighted by atomic mass is 16.6. The Hall–Kier alpha value is -4.04. The van der Waals surface area contributed by atoms with Crippen LogP contribution in [0, 0.1) is 0 Å². The van der Waals surface area contributed by atoms with Gasteiger partial charge in [0.2, 0.25) is 0 Å². The van der Waals surface area contributed by atoms with Gasteiger partial charge in [-0.25, -0.2) is 9.59 Å². The van der Waals surface area contributed by atoms with Crippen LogP contribution in [0.5, 0.6) is 5.75 Å². The van der Waals surface area contributed by atoms with E-state index in [0.29, 0.717) is 45.6 Å². The number of H-pyrrole nitrogens is 1. The Balaban J connectivity index is 1.15. The van der Waals surface area contributed by atoms with Crippen LogP contribution in [-0.4, -0.2) is 58.8 Å². The maximum absolute atomic E-state index is 12.8. The normalized spacial score (nSPS) is 14.2. The molecule has 0 atom stereocenters. The molecular weight excluding hydrogens is 480 g/mol. The number of amides is 1. The van der Waals surface area contributed by atoms with E-state index >= 15 is 0 Å². The monoisotopic (exact) mass is 514 g/mol. The number of likely N-dealkylation sites (tertiary alicyclic amines) is 1. The summed E-state index contributed by atoms with van der Waals surface area (Å²) in [5.41, 5.74) is 4.00. The summed E-state index contributed by atoms with van der Waals surface area (Å²) >= 11 is 0. The van der Waals surface area contributed by atoms with Gasteiger partial charge in [0.25, 0.3) is 0 Å². The molecule has 1 N–H and O–H groups in total. The molecule has 8 nitrogen and oxygen atoms in total. The van der Waals surface area contributed by atoms with Crippen LogP contribution in [0.15, 0.2) is 83.7 Å². The van der Waals surface area contributed by atoms with Crippen LogP contribution in [0.4, 0.5) is 4.79 Å². The lowest BCUT2D eigenvalue weighted by molar-refractivity contribution is 0.0769. The number of nitrogens with one attached hydrogen (secondary N) is 1. The Morgan fingerprint density at radius 1 is 0.947 bits per heavy atom. The number of imidazole rings is 1. The number of fused-ring (bicyclic) bond motifs is 1. The lowest BCUT2D eigenvalue weighted by atomic mass is 10.0. The average Bonchev–Trinajstić information content (AvgIpc) is 3.29. The molecule has 0 unspecified atom stereocenters. The number of carbonyl (C=O) groups is 1. The maximum atomic E-state index is 12.8. The number of ether oxygens (including phenoxy) is 2. The first kappa shape index (κ1) is 25.6. The molecule has 1 saturated heterocycles. The first-order chi connectivity index (χ1) is 18.6. The summed E-state index contributed by atoms with van der Waals surface area (Å²) in [7, 11) is 1.67. The second-order valence-electron chi connectivity index (χ2n) is 9.70. The highest BCUT2D eigenvalue weighted by Crippen LogP contribution is 2.25. The summed E-state index contributed by atoms with van der Waals surface area (Å²) in [5.74, 6) is 0.826. The third-order valence-electron chi connectivity index (χ3n) is 7.13. The van der Waals surface area contributed by atoms with E-state index in [9.17, 15) is 9.59 Å². The number of rotatable bonds is 9. The van der Waals surface area contributed by atoms with Crippen molar-refractivity contribution in [1.82, 2.24) is 19.4 Å². The number of carbonyl (C=O) groups excluding carboxylic acids is 1. The highest BCUT2D eigenvalue weighted by Gasteiger charge is 2.27. The van der Waals surface area contributed by atoms with Crippen molar-refractivity contribution >= 4 is 17.1 Å². The molecule has 198 valence electrons. The third kappa shape index (κ3) is 6.08. The van der Waals surface area contributed by atoms with Crippen molar-refractivity contribution in [1.29, 1.82) is 0 Å². The van der Waals surface area contributed by atoms with Gasteiger partial charge in [-0.3, -0.25) is 9.47 Å². The van der Waals surface area contributed by atoms with Crippen molar-refractivity contribution in [3.63, 3.8) is 0 Å². The number of para-hydroxylation sites is 2. The lowest BCUT2D eigenvalue weighted by Crippen LogP contribution is -2.41. The van der Waals surface area contributed by atoms with E-state index in [1.165, 1.54) is 5.56 Å². The Morgan fingerprint density at radius 3 is 2.45 bits per heavy atom. The molecular formula is C30H34N4O4. The molecule has 38 heavy (non-hydrogen) atoms. The molecule has 1 amide bonds. The van der Waals surface area contributed by atoms with E-state index in [1.54, 1.807) is 12.0 Å². The van der Waals surface area contributed by atoms with Gasteiger partial charge in [0.1, 0.15) is 12.4 Å². The second-order valence-corrected chi connectivity index (χ2v) is 9.70. The number of aromatic amines is 1. The summed E-state index contributed by atoms with van der Waals surface area (Å²) in [6, 6.07) is 26.1. The van der Waals surface area contributed by atoms with E-state index in [1.807, 2.05) is 65.2 Å². The van der Waals surface area contributed by atoms with Gasteiger partial charge in [0, 0.05) is 38.8 Å². The summed E-state index contributed by atoms with van der Waals surface area (Å²) < 4.78 is 12.9. The van der Waals surface area contributed by atoms with Crippen LogP contribution in [0.25, 0.3) is 11.0 Å². The van der Waals surface area contributed by atoms with Crippen LogP contribution in [0.1, 0.15) is 30.0 Å². The van der Waals surface area contributed by atoms with Crippen molar-refractivity contribution < 1.29 is 14.3 Å². The van der Waals surface area contributed by atoms with Gasteiger partial charge >= 0.3 is 11.8 Å². The van der Waals surface area contributed by atoms with E-state index in [2.05, 4.69) is 28.1 Å². The second kappa shape index (κ2) is 12.0. The Morgan fingerprint density at radius 2 is 1.66 bits per heavy atom. The molecule has 1 aliphatic rings. The average molecular weight is 515 g/mol. The molecule has 2 heterocycles. The number of piperidine rings is 1. The van der Waals surface area contributed by atoms with Crippen LogP contribution < -0.4 is 10.4 Å². The van der Waals surface area contributed by atoms with E-state index in [0.717, 1.165) is 28.9 Å². The van der Waals surface area contributed by atoms with Crippen molar-refractivity contribution in [2.45, 2.75) is 32.0 Å². The molecule has 8 heteroatoms. The minimum Gasteiger partial charge on any atom is -0.497 e. The molecule has 0 saturated carbocycles. The first-order valence-electron chi connectivity index (χ1n) is 13.1. The summed E-state index contributed by atoms with van der Waals surface area (Å²) in [6.45, 7) is 3.51. The van der Waals surface area contributed by atoms with Gasteiger partial charge in [-0.2, -0.15) is 0 Å². The Labute approximate surface area is 222 Å². The van der Waals surface area contributed by atoms with Gasteiger partial charge in [0.15, 0.2) is 0 Å². The van der Waals surface area contributed by atoms with E-state index in [4.69, 9.17) is 9.47 Å². The fraction of sp³-hybridized carbons (Fsp3) is 0.333.